The van der Waals surface area contributed by atoms with Crippen LogP contribution < -0.4 is 10.6 Å². The van der Waals surface area contributed by atoms with Gasteiger partial charge in [0.05, 0.1) is 12.0 Å². The summed E-state index contributed by atoms with van der Waals surface area (Å²) in [5.74, 6) is -5.27. The van der Waals surface area contributed by atoms with Gasteiger partial charge >= 0.3 is 12.0 Å². The smallest absolute Gasteiger partial charge is 0.407 e. The fraction of sp³-hybridized carbons (Fsp3) is 0.478. The maximum atomic E-state index is 15.2. The number of nitrogens with zero attached hydrogens (tertiary/aromatic N) is 3. The lowest BCUT2D eigenvalue weighted by molar-refractivity contribution is -0.558. The molecule has 190 valence electrons. The molecule has 1 saturated heterocycles. The van der Waals surface area contributed by atoms with E-state index in [0.717, 1.165) is 5.71 Å². The van der Waals surface area contributed by atoms with Gasteiger partial charge in [-0.15, -0.1) is 0 Å². The fourth-order valence-corrected chi connectivity index (χ4v) is 4.83. The normalized spacial score (nSPS) is 22.8. The second-order valence-corrected chi connectivity index (χ2v) is 9.23. The summed E-state index contributed by atoms with van der Waals surface area (Å²) in [6.07, 6.45) is -0.251. The Hall–Kier alpha value is -3.77. The van der Waals surface area contributed by atoms with E-state index >= 15 is 4.39 Å². The van der Waals surface area contributed by atoms with Crippen LogP contribution in [0.15, 0.2) is 17.2 Å². The summed E-state index contributed by atoms with van der Waals surface area (Å²) in [6, 6.07) is 2.13. The molecule has 0 spiro atoms. The van der Waals surface area contributed by atoms with Crippen molar-refractivity contribution < 1.29 is 41.8 Å². The Labute approximate surface area is 203 Å². The van der Waals surface area contributed by atoms with Crippen molar-refractivity contribution in [3.63, 3.8) is 0 Å². The van der Waals surface area contributed by atoms with Crippen molar-refractivity contribution in [2.75, 3.05) is 13.2 Å². The van der Waals surface area contributed by atoms with E-state index < -0.39 is 48.1 Å². The molecule has 4 heterocycles. The largest absolute Gasteiger partial charge is 0.443 e. The van der Waals surface area contributed by atoms with E-state index in [9.17, 15) is 28.0 Å². The van der Waals surface area contributed by atoms with E-state index in [1.165, 1.54) is 15.7 Å². The Kier molecular flexibility index (Phi) is 6.00. The Morgan fingerprint density at radius 1 is 1.28 bits per heavy atom. The number of amides is 4. The number of ether oxygens (including phenoxy) is 1. The lowest BCUT2D eigenvalue weighted by atomic mass is 10.0. The third-order valence-corrected chi connectivity index (χ3v) is 6.70. The van der Waals surface area contributed by atoms with Crippen LogP contribution in [0, 0.1) is 5.82 Å². The molecule has 5 rings (SSSR count). The zero-order valence-corrected chi connectivity index (χ0v) is 19.1. The summed E-state index contributed by atoms with van der Waals surface area (Å²) >= 11 is 0. The first-order valence-corrected chi connectivity index (χ1v) is 11.5. The molecule has 1 unspecified atom stereocenters. The number of fused-ring (bicyclic) bond motifs is 1. The molecular weight excluding hydrogens is 483 g/mol. The van der Waals surface area contributed by atoms with E-state index in [1.807, 2.05) is 0 Å². The van der Waals surface area contributed by atoms with Crippen molar-refractivity contribution >= 4 is 35.2 Å². The number of carbonyl (C=O) groups excluding carboxylic acids is 4. The molecule has 1 aromatic carbocycles. The van der Waals surface area contributed by atoms with Crippen molar-refractivity contribution in [1.82, 2.24) is 15.5 Å². The number of piperidine rings is 1. The molecule has 2 N–H and O–H groups in total. The predicted octanol–water partition coefficient (Wildman–Crippen LogP) is 1.46. The van der Waals surface area contributed by atoms with Crippen molar-refractivity contribution in [2.45, 2.75) is 57.2 Å². The number of benzene rings is 1. The molecule has 4 amide bonds. The van der Waals surface area contributed by atoms with Crippen LogP contribution in [0.4, 0.5) is 18.0 Å². The van der Waals surface area contributed by atoms with Crippen LogP contribution >= 0.6 is 0 Å². The van der Waals surface area contributed by atoms with Crippen molar-refractivity contribution in [2.24, 2.45) is 5.10 Å². The number of hydrogen-bond donors (Lipinski definition) is 2. The summed E-state index contributed by atoms with van der Waals surface area (Å²) in [6.45, 7) is -0.901. The van der Waals surface area contributed by atoms with E-state index in [0.29, 0.717) is 17.7 Å². The minimum atomic E-state index is -2.80. The molecule has 1 fully saturated rings. The van der Waals surface area contributed by atoms with E-state index in [-0.39, 0.29) is 56.5 Å². The second-order valence-electron chi connectivity index (χ2n) is 9.23. The molecule has 1 atom stereocenters. The molecule has 36 heavy (non-hydrogen) atoms. The van der Waals surface area contributed by atoms with Crippen LogP contribution in [0.25, 0.3) is 0 Å². The number of imide groups is 1. The number of alkyl halides is 2. The highest BCUT2D eigenvalue weighted by atomic mass is 19.3. The first-order chi connectivity index (χ1) is 17.1. The first-order valence-electron chi connectivity index (χ1n) is 11.5. The number of halogens is 3. The van der Waals surface area contributed by atoms with Gasteiger partial charge in [-0.1, -0.05) is 16.8 Å². The summed E-state index contributed by atoms with van der Waals surface area (Å²) in [7, 11) is 0. The van der Waals surface area contributed by atoms with Crippen molar-refractivity contribution in [3.8, 4) is 0 Å². The molecule has 10 nitrogen and oxygen atoms in total. The van der Waals surface area contributed by atoms with Crippen molar-refractivity contribution in [3.05, 3.63) is 34.6 Å². The Balaban J connectivity index is 1.16. The summed E-state index contributed by atoms with van der Waals surface area (Å²) in [4.78, 5) is 49.8. The third kappa shape index (κ3) is 4.56. The van der Waals surface area contributed by atoms with Gasteiger partial charge in [0.1, 0.15) is 24.2 Å². The molecule has 0 radical (unpaired) electrons. The second kappa shape index (κ2) is 9.03. The number of hydrogen-bond acceptors (Lipinski definition) is 6. The number of nitrogens with one attached hydrogen (secondary N) is 2. The average Bonchev–Trinajstić information content (AvgIpc) is 3.37. The molecule has 0 saturated carbocycles. The number of alkyl carbamates (subject to hydrolysis) is 1. The molecule has 4 aliphatic heterocycles. The summed E-state index contributed by atoms with van der Waals surface area (Å²) < 4.78 is 48.6. The van der Waals surface area contributed by atoms with Crippen molar-refractivity contribution in [1.29, 1.82) is 0 Å². The van der Waals surface area contributed by atoms with Gasteiger partial charge in [-0.2, -0.15) is 8.78 Å². The monoisotopic (exact) mass is 506 g/mol. The molecule has 0 bridgehead atoms. The predicted molar refractivity (Wildman–Crippen MR) is 117 cm³/mol. The highest BCUT2D eigenvalue weighted by Crippen LogP contribution is 2.31. The van der Waals surface area contributed by atoms with Gasteiger partial charge in [0.2, 0.25) is 18.4 Å². The van der Waals surface area contributed by atoms with E-state index in [2.05, 4.69) is 15.7 Å². The maximum absolute atomic E-state index is 15.2. The minimum Gasteiger partial charge on any atom is -0.443 e. The van der Waals surface area contributed by atoms with Gasteiger partial charge in [-0.3, -0.25) is 19.7 Å². The number of rotatable bonds is 5. The van der Waals surface area contributed by atoms with E-state index in [4.69, 9.17) is 4.74 Å². The quantitative estimate of drug-likeness (QED) is 0.463. The molecule has 0 aromatic heterocycles. The van der Waals surface area contributed by atoms with Gasteiger partial charge in [-0.25, -0.2) is 9.18 Å². The van der Waals surface area contributed by atoms with Crippen LogP contribution in [0.5, 0.6) is 0 Å². The van der Waals surface area contributed by atoms with Crippen LogP contribution in [0.3, 0.4) is 0 Å². The molecule has 13 heteroatoms. The van der Waals surface area contributed by atoms with Gasteiger partial charge in [0.15, 0.2) is 5.71 Å². The highest BCUT2D eigenvalue weighted by molar-refractivity contribution is 6.06. The topological polar surface area (TPSA) is 120 Å². The summed E-state index contributed by atoms with van der Waals surface area (Å²) in [5, 5.41) is 8.69. The zero-order chi connectivity index (χ0) is 25.6. The Morgan fingerprint density at radius 2 is 2.08 bits per heavy atom. The van der Waals surface area contributed by atoms with Gasteiger partial charge in [-0.05, 0) is 17.1 Å². The zero-order valence-electron chi connectivity index (χ0n) is 19.1. The minimum absolute atomic E-state index is 0.0389. The Bertz CT molecular complexity index is 1240. The SMILES string of the molecule is O=C1CCC(N2Cc3ccc(CNC(=O)OCC4=N[N+]5=C(CCC(F)(F)C5)C4)c(F)c3C2=O)C(=O)N1. The highest BCUT2D eigenvalue weighted by Gasteiger charge is 2.44. The molecule has 0 aliphatic carbocycles. The van der Waals surface area contributed by atoms with Gasteiger partial charge in [0.25, 0.3) is 5.91 Å². The van der Waals surface area contributed by atoms with Crippen LogP contribution in [-0.4, -0.2) is 69.9 Å². The van der Waals surface area contributed by atoms with E-state index in [1.54, 1.807) is 6.07 Å². The Morgan fingerprint density at radius 3 is 2.86 bits per heavy atom. The van der Waals surface area contributed by atoms with Crippen LogP contribution in [0.1, 0.15) is 53.6 Å². The first kappa shape index (κ1) is 23.9. The average molecular weight is 506 g/mol. The standard InChI is InChI=1S/C23H22F3N5O5/c24-19-12(1-2-13-9-30(21(34)18(13)19)16-3-4-17(32)28-20(16)33)8-27-22(35)36-10-14-7-15-5-6-23(25,26)11-31(15)29-14/h1-2,16H,3-11H2,(H-,27,28,32,33,35)/p+1. The lowest BCUT2D eigenvalue weighted by Gasteiger charge is -2.29. The number of carbonyl (C=O) groups is 4. The van der Waals surface area contributed by atoms with Crippen LogP contribution in [-0.2, 0) is 27.4 Å². The van der Waals surface area contributed by atoms with Gasteiger partial charge < -0.3 is 15.0 Å². The molecular formula is C23H23F3N5O5+. The van der Waals surface area contributed by atoms with Crippen LogP contribution in [0.2, 0.25) is 0 Å². The fourth-order valence-electron chi connectivity index (χ4n) is 4.83. The third-order valence-electron chi connectivity index (χ3n) is 6.70. The molecule has 1 aromatic rings. The summed E-state index contributed by atoms with van der Waals surface area (Å²) in [5.41, 5.74) is 1.50. The number of hydrazone groups is 1. The maximum Gasteiger partial charge on any atom is 0.407 e. The lowest BCUT2D eigenvalue weighted by Crippen LogP contribution is -2.52. The van der Waals surface area contributed by atoms with Gasteiger partial charge in [0, 0.05) is 37.9 Å². The molecule has 4 aliphatic rings.